The Balaban J connectivity index is 2.22. The average molecular weight is 290 g/mol. The molecule has 1 N–H and O–H groups in total. The van der Waals surface area contributed by atoms with E-state index in [1.807, 2.05) is 0 Å². The van der Waals surface area contributed by atoms with Gasteiger partial charge in [0, 0.05) is 18.3 Å². The van der Waals surface area contributed by atoms with Gasteiger partial charge in [0.2, 0.25) is 0 Å². The first-order valence-corrected chi connectivity index (χ1v) is 9.46. The lowest BCUT2D eigenvalue weighted by molar-refractivity contribution is 0.163. The lowest BCUT2D eigenvalue weighted by Crippen LogP contribution is -2.43. The Morgan fingerprint density at radius 1 is 1.26 bits per heavy atom. The van der Waals surface area contributed by atoms with Crippen molar-refractivity contribution in [3.63, 3.8) is 0 Å². The zero-order chi connectivity index (χ0) is 14.3. The fourth-order valence-electron chi connectivity index (χ4n) is 2.75. The fraction of sp³-hybridized carbons (Fsp3) is 1.00. The predicted molar refractivity (Wildman–Crippen MR) is 81.2 cm³/mol. The minimum absolute atomic E-state index is 0.248. The molecule has 0 radical (unpaired) electrons. The van der Waals surface area contributed by atoms with E-state index in [1.54, 1.807) is 6.92 Å². The van der Waals surface area contributed by atoms with E-state index in [0.717, 1.165) is 0 Å². The Bertz CT molecular complexity index is 335. The molecule has 4 nitrogen and oxygen atoms in total. The molecular formula is C14H30N2O2S. The first-order chi connectivity index (χ1) is 8.98. The van der Waals surface area contributed by atoms with Crippen molar-refractivity contribution in [3.05, 3.63) is 0 Å². The fourth-order valence-corrected chi connectivity index (χ4v) is 3.46. The Hall–Kier alpha value is -0.130. The van der Waals surface area contributed by atoms with Crippen LogP contribution in [0.1, 0.15) is 40.0 Å². The maximum Gasteiger partial charge on any atom is 0.151 e. The molecular weight excluding hydrogens is 260 g/mol. The third-order valence-electron chi connectivity index (χ3n) is 4.20. The summed E-state index contributed by atoms with van der Waals surface area (Å²) >= 11 is 0. The molecule has 0 amide bonds. The predicted octanol–water partition coefficient (Wildman–Crippen LogP) is 1.52. The van der Waals surface area contributed by atoms with Gasteiger partial charge in [0.15, 0.2) is 9.84 Å². The van der Waals surface area contributed by atoms with Gasteiger partial charge in [-0.15, -0.1) is 0 Å². The van der Waals surface area contributed by atoms with E-state index in [4.69, 9.17) is 0 Å². The van der Waals surface area contributed by atoms with Crippen LogP contribution < -0.4 is 5.32 Å². The summed E-state index contributed by atoms with van der Waals surface area (Å²) in [6.45, 7) is 10.3. The number of hydrogen-bond acceptors (Lipinski definition) is 4. The van der Waals surface area contributed by atoms with Gasteiger partial charge in [0.1, 0.15) is 0 Å². The molecule has 0 aromatic carbocycles. The Kier molecular flexibility index (Phi) is 7.32. The van der Waals surface area contributed by atoms with Crippen molar-refractivity contribution in [2.75, 3.05) is 37.7 Å². The van der Waals surface area contributed by atoms with Crippen LogP contribution in [0.15, 0.2) is 0 Å². The summed E-state index contributed by atoms with van der Waals surface area (Å²) in [5.41, 5.74) is 0. The molecule has 1 rings (SSSR count). The Morgan fingerprint density at radius 2 is 1.89 bits per heavy atom. The normalized spacial score (nSPS) is 20.6. The van der Waals surface area contributed by atoms with Crippen LogP contribution in [0.2, 0.25) is 0 Å². The second kappa shape index (κ2) is 8.22. The second-order valence-corrected chi connectivity index (χ2v) is 8.13. The molecule has 1 aliphatic heterocycles. The number of nitrogens with one attached hydrogen (secondary N) is 1. The van der Waals surface area contributed by atoms with Gasteiger partial charge in [0.25, 0.3) is 0 Å². The molecule has 1 saturated heterocycles. The number of sulfone groups is 1. The third kappa shape index (κ3) is 6.23. The van der Waals surface area contributed by atoms with Crippen LogP contribution in [-0.4, -0.2) is 57.0 Å². The molecule has 1 atom stereocenters. The number of nitrogens with zero attached hydrogens (tertiary/aromatic N) is 1. The molecule has 0 bridgehead atoms. The molecule has 0 aliphatic carbocycles. The summed E-state index contributed by atoms with van der Waals surface area (Å²) in [6, 6.07) is 0.427. The van der Waals surface area contributed by atoms with Gasteiger partial charge < -0.3 is 10.2 Å². The summed E-state index contributed by atoms with van der Waals surface area (Å²) in [4.78, 5) is 2.53. The van der Waals surface area contributed by atoms with Crippen LogP contribution in [0, 0.1) is 5.92 Å². The molecule has 1 aliphatic rings. The van der Waals surface area contributed by atoms with Crippen LogP contribution in [0.3, 0.4) is 0 Å². The molecule has 1 unspecified atom stereocenters. The first-order valence-electron chi connectivity index (χ1n) is 7.64. The SMILES string of the molecule is CCCN1CCC(C(C)NCCS(=O)(=O)CC)CC1. The molecule has 0 aromatic rings. The number of likely N-dealkylation sites (tertiary alicyclic amines) is 1. The van der Waals surface area contributed by atoms with Gasteiger partial charge in [-0.1, -0.05) is 13.8 Å². The number of hydrogen-bond donors (Lipinski definition) is 1. The van der Waals surface area contributed by atoms with E-state index >= 15 is 0 Å². The summed E-state index contributed by atoms with van der Waals surface area (Å²) in [6.07, 6.45) is 3.69. The van der Waals surface area contributed by atoms with Gasteiger partial charge >= 0.3 is 0 Å². The standard InChI is InChI=1S/C14H30N2O2S/c1-4-9-16-10-6-14(7-11-16)13(3)15-8-12-19(17,18)5-2/h13-15H,4-12H2,1-3H3. The van der Waals surface area contributed by atoms with Crippen molar-refractivity contribution >= 4 is 9.84 Å². The number of rotatable bonds is 8. The summed E-state index contributed by atoms with van der Waals surface area (Å²) < 4.78 is 22.9. The van der Waals surface area contributed by atoms with Crippen LogP contribution >= 0.6 is 0 Å². The minimum atomic E-state index is -2.83. The highest BCUT2D eigenvalue weighted by Gasteiger charge is 2.23. The highest BCUT2D eigenvalue weighted by molar-refractivity contribution is 7.91. The van der Waals surface area contributed by atoms with E-state index < -0.39 is 9.84 Å². The average Bonchev–Trinajstić information content (AvgIpc) is 2.39. The molecule has 1 heterocycles. The minimum Gasteiger partial charge on any atom is -0.313 e. The summed E-state index contributed by atoms with van der Waals surface area (Å²) in [5.74, 6) is 1.21. The maximum absolute atomic E-state index is 11.4. The highest BCUT2D eigenvalue weighted by Crippen LogP contribution is 2.20. The van der Waals surface area contributed by atoms with E-state index in [1.165, 1.54) is 38.9 Å². The van der Waals surface area contributed by atoms with E-state index in [9.17, 15) is 8.42 Å². The molecule has 114 valence electrons. The first kappa shape index (κ1) is 16.9. The van der Waals surface area contributed by atoms with Gasteiger partial charge in [-0.3, -0.25) is 0 Å². The lowest BCUT2D eigenvalue weighted by atomic mass is 9.90. The van der Waals surface area contributed by atoms with Crippen LogP contribution in [0.4, 0.5) is 0 Å². The van der Waals surface area contributed by atoms with Crippen LogP contribution in [0.5, 0.6) is 0 Å². The van der Waals surface area contributed by atoms with E-state index in [-0.39, 0.29) is 11.5 Å². The Labute approximate surface area is 118 Å². The molecule has 0 saturated carbocycles. The smallest absolute Gasteiger partial charge is 0.151 e. The van der Waals surface area contributed by atoms with Gasteiger partial charge in [-0.25, -0.2) is 8.42 Å². The van der Waals surface area contributed by atoms with E-state index in [2.05, 4.69) is 24.1 Å². The molecule has 0 spiro atoms. The largest absolute Gasteiger partial charge is 0.313 e. The van der Waals surface area contributed by atoms with Crippen molar-refractivity contribution in [1.29, 1.82) is 0 Å². The molecule has 0 aromatic heterocycles. The Morgan fingerprint density at radius 3 is 2.42 bits per heavy atom. The van der Waals surface area contributed by atoms with Crippen molar-refractivity contribution in [3.8, 4) is 0 Å². The maximum atomic E-state index is 11.4. The van der Waals surface area contributed by atoms with Crippen molar-refractivity contribution < 1.29 is 8.42 Å². The van der Waals surface area contributed by atoms with Crippen molar-refractivity contribution in [1.82, 2.24) is 10.2 Å². The number of piperidine rings is 1. The second-order valence-electron chi connectivity index (χ2n) is 5.66. The lowest BCUT2D eigenvalue weighted by Gasteiger charge is -2.35. The monoisotopic (exact) mass is 290 g/mol. The van der Waals surface area contributed by atoms with Gasteiger partial charge in [0.05, 0.1) is 5.75 Å². The van der Waals surface area contributed by atoms with E-state index in [0.29, 0.717) is 18.5 Å². The van der Waals surface area contributed by atoms with Crippen molar-refractivity contribution in [2.24, 2.45) is 5.92 Å². The summed E-state index contributed by atoms with van der Waals surface area (Å²) in [5, 5.41) is 3.39. The summed E-state index contributed by atoms with van der Waals surface area (Å²) in [7, 11) is -2.83. The van der Waals surface area contributed by atoms with Crippen LogP contribution in [-0.2, 0) is 9.84 Å². The van der Waals surface area contributed by atoms with Gasteiger partial charge in [-0.2, -0.15) is 0 Å². The highest BCUT2D eigenvalue weighted by atomic mass is 32.2. The molecule has 5 heteroatoms. The molecule has 19 heavy (non-hydrogen) atoms. The quantitative estimate of drug-likeness (QED) is 0.736. The molecule has 1 fully saturated rings. The topological polar surface area (TPSA) is 49.4 Å². The zero-order valence-corrected chi connectivity index (χ0v) is 13.5. The third-order valence-corrected chi connectivity index (χ3v) is 5.90. The zero-order valence-electron chi connectivity index (χ0n) is 12.7. The van der Waals surface area contributed by atoms with Crippen molar-refractivity contribution in [2.45, 2.75) is 46.1 Å². The van der Waals surface area contributed by atoms with Gasteiger partial charge in [-0.05, 0) is 51.7 Å². The van der Waals surface area contributed by atoms with Crippen LogP contribution in [0.25, 0.3) is 0 Å².